The van der Waals surface area contributed by atoms with Crippen LogP contribution in [0.5, 0.6) is 0 Å². The molecule has 3 aromatic carbocycles. The molecule has 0 unspecified atom stereocenters. The standard InChI is InChI=1S/C32H35N3O4/c1-3-5-12-28(33-27-21-19-24(20-22-27)29(36)13-9-14-30(37)38-4-2)23-15-17-26(18-16-23)32-34-31(35-39-32)25-10-7-6-8-11-25/h6-8,10-11,15-22,28,33H,3-5,9,12-14H2,1-2H3/t28-/m0/s1. The van der Waals surface area contributed by atoms with Crippen molar-refractivity contribution in [3.8, 4) is 22.8 Å². The maximum absolute atomic E-state index is 12.5. The van der Waals surface area contributed by atoms with E-state index in [1.165, 1.54) is 0 Å². The van der Waals surface area contributed by atoms with Crippen molar-refractivity contribution in [3.63, 3.8) is 0 Å². The summed E-state index contributed by atoms with van der Waals surface area (Å²) < 4.78 is 10.4. The number of Topliss-reactive ketones (excluding diaryl/α,β-unsaturated/α-hetero) is 1. The minimum atomic E-state index is -0.259. The fraction of sp³-hybridized carbons (Fsp3) is 0.312. The van der Waals surface area contributed by atoms with Gasteiger partial charge in [-0.3, -0.25) is 9.59 Å². The van der Waals surface area contributed by atoms with Gasteiger partial charge in [0.1, 0.15) is 0 Å². The zero-order valence-corrected chi connectivity index (χ0v) is 22.6. The van der Waals surface area contributed by atoms with Crippen LogP contribution in [-0.4, -0.2) is 28.5 Å². The van der Waals surface area contributed by atoms with Crippen LogP contribution in [0.1, 0.15) is 74.3 Å². The summed E-state index contributed by atoms with van der Waals surface area (Å²) in [7, 11) is 0. The number of ether oxygens (including phenoxy) is 1. The van der Waals surface area contributed by atoms with Crippen LogP contribution in [0.15, 0.2) is 83.4 Å². The number of benzene rings is 3. The number of anilines is 1. The normalized spacial score (nSPS) is 11.6. The Kier molecular flexibility index (Phi) is 10.0. The Morgan fingerprint density at radius 2 is 1.62 bits per heavy atom. The molecule has 0 aliphatic rings. The third kappa shape index (κ3) is 7.87. The fourth-order valence-corrected chi connectivity index (χ4v) is 4.36. The zero-order chi connectivity index (χ0) is 27.5. The number of hydrogen-bond donors (Lipinski definition) is 1. The Bertz CT molecular complexity index is 1330. The Balaban J connectivity index is 1.39. The summed E-state index contributed by atoms with van der Waals surface area (Å²) in [6.07, 6.45) is 4.23. The summed E-state index contributed by atoms with van der Waals surface area (Å²) in [6, 6.07) is 25.7. The van der Waals surface area contributed by atoms with Crippen LogP contribution in [0, 0.1) is 0 Å². The van der Waals surface area contributed by atoms with E-state index in [0.717, 1.165) is 41.6 Å². The second-order valence-electron chi connectivity index (χ2n) is 9.41. The average Bonchev–Trinajstić information content (AvgIpc) is 3.47. The minimum absolute atomic E-state index is 0.0282. The number of aromatic nitrogens is 2. The topological polar surface area (TPSA) is 94.3 Å². The van der Waals surface area contributed by atoms with Crippen molar-refractivity contribution in [1.29, 1.82) is 0 Å². The van der Waals surface area contributed by atoms with Crippen LogP contribution in [-0.2, 0) is 9.53 Å². The van der Waals surface area contributed by atoms with Crippen LogP contribution in [0.3, 0.4) is 0 Å². The molecule has 0 radical (unpaired) electrons. The number of carbonyl (C=O) groups excluding carboxylic acids is 2. The van der Waals surface area contributed by atoms with E-state index in [0.29, 0.717) is 36.7 Å². The van der Waals surface area contributed by atoms with E-state index in [1.807, 2.05) is 66.7 Å². The molecular weight excluding hydrogens is 490 g/mol. The van der Waals surface area contributed by atoms with Gasteiger partial charge in [-0.15, -0.1) is 0 Å². The van der Waals surface area contributed by atoms with Crippen LogP contribution < -0.4 is 5.32 Å². The molecule has 0 bridgehead atoms. The van der Waals surface area contributed by atoms with E-state index in [-0.39, 0.29) is 24.2 Å². The number of nitrogens with one attached hydrogen (secondary N) is 1. The number of ketones is 1. The molecule has 0 amide bonds. The molecule has 7 heteroatoms. The Labute approximate surface area is 229 Å². The summed E-state index contributed by atoms with van der Waals surface area (Å²) in [5.74, 6) is 0.824. The van der Waals surface area contributed by atoms with Gasteiger partial charge in [0.05, 0.1) is 12.6 Å². The monoisotopic (exact) mass is 525 g/mol. The van der Waals surface area contributed by atoms with Gasteiger partial charge in [-0.1, -0.05) is 67.4 Å². The van der Waals surface area contributed by atoms with Crippen molar-refractivity contribution in [2.45, 2.75) is 58.4 Å². The first-order valence-corrected chi connectivity index (χ1v) is 13.6. The van der Waals surface area contributed by atoms with Crippen molar-refractivity contribution in [2.75, 3.05) is 11.9 Å². The van der Waals surface area contributed by atoms with Crippen LogP contribution in [0.25, 0.3) is 22.8 Å². The predicted molar refractivity (Wildman–Crippen MR) is 152 cm³/mol. The van der Waals surface area contributed by atoms with Gasteiger partial charge in [-0.2, -0.15) is 4.98 Å². The first-order chi connectivity index (χ1) is 19.1. The van der Waals surface area contributed by atoms with E-state index in [4.69, 9.17) is 9.26 Å². The zero-order valence-electron chi connectivity index (χ0n) is 22.6. The molecule has 7 nitrogen and oxygen atoms in total. The summed E-state index contributed by atoms with van der Waals surface area (Å²) >= 11 is 0. The summed E-state index contributed by atoms with van der Waals surface area (Å²) in [5, 5.41) is 7.75. The number of carbonyl (C=O) groups is 2. The first-order valence-electron chi connectivity index (χ1n) is 13.6. The number of hydrogen-bond acceptors (Lipinski definition) is 7. The number of rotatable bonds is 14. The highest BCUT2D eigenvalue weighted by molar-refractivity contribution is 5.96. The van der Waals surface area contributed by atoms with Crippen molar-refractivity contribution >= 4 is 17.4 Å². The molecule has 4 rings (SSSR count). The van der Waals surface area contributed by atoms with Gasteiger partial charge in [0.15, 0.2) is 5.78 Å². The molecule has 1 atom stereocenters. The maximum Gasteiger partial charge on any atom is 0.305 e. The molecule has 1 heterocycles. The molecule has 0 aliphatic heterocycles. The second kappa shape index (κ2) is 14.0. The van der Waals surface area contributed by atoms with Crippen molar-refractivity contribution < 1.29 is 18.8 Å². The average molecular weight is 526 g/mol. The van der Waals surface area contributed by atoms with Gasteiger partial charge < -0.3 is 14.6 Å². The van der Waals surface area contributed by atoms with Gasteiger partial charge in [0.2, 0.25) is 5.82 Å². The summed E-state index contributed by atoms with van der Waals surface area (Å²) in [4.78, 5) is 28.6. The van der Waals surface area contributed by atoms with Crippen molar-refractivity contribution in [1.82, 2.24) is 10.1 Å². The highest BCUT2D eigenvalue weighted by atomic mass is 16.5. The van der Waals surface area contributed by atoms with Gasteiger partial charge in [0.25, 0.3) is 5.89 Å². The maximum atomic E-state index is 12.5. The molecule has 1 aromatic heterocycles. The van der Waals surface area contributed by atoms with Crippen LogP contribution in [0.2, 0.25) is 0 Å². The van der Waals surface area contributed by atoms with Gasteiger partial charge in [-0.05, 0) is 61.7 Å². The van der Waals surface area contributed by atoms with E-state index >= 15 is 0 Å². The molecule has 0 spiro atoms. The van der Waals surface area contributed by atoms with Crippen LogP contribution in [0.4, 0.5) is 5.69 Å². The Hall–Kier alpha value is -4.26. The quantitative estimate of drug-likeness (QED) is 0.133. The minimum Gasteiger partial charge on any atom is -0.466 e. The van der Waals surface area contributed by atoms with Gasteiger partial charge >= 0.3 is 5.97 Å². The highest BCUT2D eigenvalue weighted by Gasteiger charge is 2.15. The molecule has 39 heavy (non-hydrogen) atoms. The first kappa shape index (κ1) is 27.8. The van der Waals surface area contributed by atoms with E-state index in [9.17, 15) is 9.59 Å². The molecule has 0 saturated heterocycles. The van der Waals surface area contributed by atoms with E-state index < -0.39 is 0 Å². The molecule has 0 saturated carbocycles. The molecule has 1 N–H and O–H groups in total. The summed E-state index contributed by atoms with van der Waals surface area (Å²) in [6.45, 7) is 4.32. The van der Waals surface area contributed by atoms with E-state index in [2.05, 4.69) is 34.5 Å². The lowest BCUT2D eigenvalue weighted by molar-refractivity contribution is -0.143. The fourth-order valence-electron chi connectivity index (χ4n) is 4.36. The smallest absolute Gasteiger partial charge is 0.305 e. The SMILES string of the molecule is CCCC[C@H](Nc1ccc(C(=O)CCCC(=O)OCC)cc1)c1ccc(-c2nc(-c3ccccc3)no2)cc1. The molecule has 202 valence electrons. The molecule has 0 fully saturated rings. The van der Waals surface area contributed by atoms with Crippen molar-refractivity contribution in [3.05, 3.63) is 90.0 Å². The Morgan fingerprint density at radius 3 is 2.31 bits per heavy atom. The van der Waals surface area contributed by atoms with E-state index in [1.54, 1.807) is 6.92 Å². The number of unbranched alkanes of at least 4 members (excludes halogenated alkanes) is 1. The third-order valence-electron chi connectivity index (χ3n) is 6.50. The largest absolute Gasteiger partial charge is 0.466 e. The lowest BCUT2D eigenvalue weighted by Crippen LogP contribution is -2.11. The molecule has 4 aromatic rings. The van der Waals surface area contributed by atoms with Crippen LogP contribution >= 0.6 is 0 Å². The highest BCUT2D eigenvalue weighted by Crippen LogP contribution is 2.28. The summed E-state index contributed by atoms with van der Waals surface area (Å²) in [5.41, 5.74) is 4.54. The lowest BCUT2D eigenvalue weighted by Gasteiger charge is -2.21. The molecular formula is C32H35N3O4. The van der Waals surface area contributed by atoms with Gasteiger partial charge in [0, 0.05) is 35.2 Å². The van der Waals surface area contributed by atoms with Gasteiger partial charge in [-0.25, -0.2) is 0 Å². The Morgan fingerprint density at radius 1 is 0.872 bits per heavy atom. The van der Waals surface area contributed by atoms with Crippen molar-refractivity contribution in [2.24, 2.45) is 0 Å². The number of nitrogens with zero attached hydrogens (tertiary/aromatic N) is 2. The number of esters is 1. The molecule has 0 aliphatic carbocycles. The lowest BCUT2D eigenvalue weighted by atomic mass is 9.99. The second-order valence-corrected chi connectivity index (χ2v) is 9.41. The third-order valence-corrected chi connectivity index (χ3v) is 6.50. The predicted octanol–water partition coefficient (Wildman–Crippen LogP) is 7.66.